The van der Waals surface area contributed by atoms with Crippen LogP contribution in [0, 0.1) is 0 Å². The summed E-state index contributed by atoms with van der Waals surface area (Å²) in [7, 11) is 3.03. The molecule has 27 heavy (non-hydrogen) atoms. The van der Waals surface area contributed by atoms with Gasteiger partial charge < -0.3 is 24.2 Å². The van der Waals surface area contributed by atoms with Gasteiger partial charge in [0, 0.05) is 17.7 Å². The standard InChI is InChI=1S/C19H23N3O5/c1-4-22(14-10-27-11-15(14)23)19(24)13-7-5-6-12(8-13)18-20-16(25-2)9-17(21-18)26-3/h5-9,14-15,23H,4,10-11H2,1-3H3/t14-,15-/m0/s1. The van der Waals surface area contributed by atoms with E-state index in [2.05, 4.69) is 9.97 Å². The van der Waals surface area contributed by atoms with Gasteiger partial charge in [0.05, 0.1) is 45.6 Å². The number of methoxy groups -OCH3 is 2. The van der Waals surface area contributed by atoms with Crippen molar-refractivity contribution in [2.75, 3.05) is 34.0 Å². The summed E-state index contributed by atoms with van der Waals surface area (Å²) in [5.41, 5.74) is 1.15. The Hall–Kier alpha value is -2.71. The fourth-order valence-electron chi connectivity index (χ4n) is 3.06. The summed E-state index contributed by atoms with van der Waals surface area (Å²) >= 11 is 0. The van der Waals surface area contributed by atoms with Crippen molar-refractivity contribution in [2.24, 2.45) is 0 Å². The summed E-state index contributed by atoms with van der Waals surface area (Å²) in [5.74, 6) is 0.960. The van der Waals surface area contributed by atoms with Crippen LogP contribution in [0.25, 0.3) is 11.4 Å². The Balaban J connectivity index is 1.92. The van der Waals surface area contributed by atoms with E-state index in [9.17, 15) is 9.90 Å². The average Bonchev–Trinajstić information content (AvgIpc) is 3.13. The second-order valence-electron chi connectivity index (χ2n) is 6.12. The van der Waals surface area contributed by atoms with Crippen molar-refractivity contribution in [3.05, 3.63) is 35.9 Å². The van der Waals surface area contributed by atoms with E-state index in [0.717, 1.165) is 0 Å². The van der Waals surface area contributed by atoms with Gasteiger partial charge in [-0.2, -0.15) is 9.97 Å². The van der Waals surface area contributed by atoms with Crippen molar-refractivity contribution in [2.45, 2.75) is 19.1 Å². The Morgan fingerprint density at radius 1 is 1.22 bits per heavy atom. The topological polar surface area (TPSA) is 94.0 Å². The van der Waals surface area contributed by atoms with Crippen molar-refractivity contribution in [3.8, 4) is 23.1 Å². The Morgan fingerprint density at radius 2 is 1.93 bits per heavy atom. The summed E-state index contributed by atoms with van der Waals surface area (Å²) in [6.07, 6.45) is -0.678. The third-order valence-corrected chi connectivity index (χ3v) is 4.49. The van der Waals surface area contributed by atoms with Gasteiger partial charge in [-0.25, -0.2) is 0 Å². The van der Waals surface area contributed by atoms with Gasteiger partial charge in [-0.15, -0.1) is 0 Å². The van der Waals surface area contributed by atoms with Crippen LogP contribution in [-0.4, -0.2) is 72.0 Å². The lowest BCUT2D eigenvalue weighted by atomic mass is 10.1. The van der Waals surface area contributed by atoms with Gasteiger partial charge in [0.2, 0.25) is 11.8 Å². The monoisotopic (exact) mass is 373 g/mol. The van der Waals surface area contributed by atoms with E-state index in [1.54, 1.807) is 29.2 Å². The lowest BCUT2D eigenvalue weighted by Crippen LogP contribution is -2.46. The van der Waals surface area contributed by atoms with Gasteiger partial charge >= 0.3 is 0 Å². The minimum absolute atomic E-state index is 0.177. The zero-order valence-electron chi connectivity index (χ0n) is 15.6. The fraction of sp³-hybridized carbons (Fsp3) is 0.421. The molecule has 0 bridgehead atoms. The highest BCUT2D eigenvalue weighted by Gasteiger charge is 2.34. The summed E-state index contributed by atoms with van der Waals surface area (Å²) in [6, 6.07) is 8.27. The van der Waals surface area contributed by atoms with Crippen LogP contribution in [0.15, 0.2) is 30.3 Å². The Kier molecular flexibility index (Phi) is 5.88. The molecule has 8 heteroatoms. The first kappa shape index (κ1) is 19.1. The molecule has 1 aromatic carbocycles. The molecule has 8 nitrogen and oxygen atoms in total. The van der Waals surface area contributed by atoms with Crippen LogP contribution in [0.4, 0.5) is 0 Å². The molecule has 1 aliphatic rings. The molecule has 1 amide bonds. The summed E-state index contributed by atoms with van der Waals surface area (Å²) in [5, 5.41) is 10.1. The third kappa shape index (κ3) is 4.01. The summed E-state index contributed by atoms with van der Waals surface area (Å²) in [6.45, 7) is 2.92. The normalized spacial score (nSPS) is 19.0. The first-order valence-corrected chi connectivity index (χ1v) is 8.71. The lowest BCUT2D eigenvalue weighted by Gasteiger charge is -2.29. The molecule has 144 valence electrons. The zero-order valence-corrected chi connectivity index (χ0v) is 15.6. The quantitative estimate of drug-likeness (QED) is 0.817. The average molecular weight is 373 g/mol. The number of carbonyl (C=O) groups is 1. The van der Waals surface area contributed by atoms with Gasteiger partial charge in [-0.3, -0.25) is 4.79 Å². The molecule has 1 aromatic heterocycles. The number of nitrogens with zero attached hydrogens (tertiary/aromatic N) is 3. The molecule has 1 fully saturated rings. The molecule has 2 aromatic rings. The molecule has 0 aliphatic carbocycles. The van der Waals surface area contributed by atoms with E-state index >= 15 is 0 Å². The SMILES string of the molecule is CCN(C(=O)c1cccc(-c2nc(OC)cc(OC)n2)c1)[C@H]1COC[C@@H]1O. The number of amides is 1. The molecular formula is C19H23N3O5. The maximum atomic E-state index is 13.0. The molecule has 2 heterocycles. The predicted octanol–water partition coefficient (Wildman–Crippen LogP) is 1.38. The zero-order chi connectivity index (χ0) is 19.4. The van der Waals surface area contributed by atoms with Gasteiger partial charge in [-0.05, 0) is 19.1 Å². The number of hydrogen-bond donors (Lipinski definition) is 1. The van der Waals surface area contributed by atoms with Crippen LogP contribution in [0.2, 0.25) is 0 Å². The van der Waals surface area contributed by atoms with E-state index in [4.69, 9.17) is 14.2 Å². The van der Waals surface area contributed by atoms with Crippen molar-refractivity contribution in [1.29, 1.82) is 0 Å². The summed E-state index contributed by atoms with van der Waals surface area (Å²) in [4.78, 5) is 23.3. The van der Waals surface area contributed by atoms with E-state index in [0.29, 0.717) is 41.9 Å². The van der Waals surface area contributed by atoms with Gasteiger partial charge in [0.1, 0.15) is 0 Å². The number of ether oxygens (including phenoxy) is 3. The number of carbonyl (C=O) groups excluding carboxylic acids is 1. The van der Waals surface area contributed by atoms with E-state index in [-0.39, 0.29) is 18.6 Å². The summed E-state index contributed by atoms with van der Waals surface area (Å²) < 4.78 is 15.7. The molecule has 1 saturated heterocycles. The Labute approximate surface area is 157 Å². The van der Waals surface area contributed by atoms with E-state index in [1.807, 2.05) is 13.0 Å². The maximum absolute atomic E-state index is 13.0. The third-order valence-electron chi connectivity index (χ3n) is 4.49. The Bertz CT molecular complexity index is 791. The number of benzene rings is 1. The highest BCUT2D eigenvalue weighted by atomic mass is 16.5. The highest BCUT2D eigenvalue weighted by Crippen LogP contribution is 2.24. The lowest BCUT2D eigenvalue weighted by molar-refractivity contribution is 0.0520. The predicted molar refractivity (Wildman–Crippen MR) is 97.9 cm³/mol. The largest absolute Gasteiger partial charge is 0.481 e. The van der Waals surface area contributed by atoms with Crippen LogP contribution in [0.1, 0.15) is 17.3 Å². The van der Waals surface area contributed by atoms with Crippen LogP contribution in [0.3, 0.4) is 0 Å². The second-order valence-corrected chi connectivity index (χ2v) is 6.12. The number of rotatable bonds is 6. The molecular weight excluding hydrogens is 350 g/mol. The van der Waals surface area contributed by atoms with Crippen LogP contribution >= 0.6 is 0 Å². The molecule has 0 unspecified atom stereocenters. The molecule has 2 atom stereocenters. The van der Waals surface area contributed by atoms with Gasteiger partial charge in [-0.1, -0.05) is 12.1 Å². The van der Waals surface area contributed by atoms with Gasteiger partial charge in [0.25, 0.3) is 5.91 Å². The number of aliphatic hydroxyl groups excluding tert-OH is 1. The molecule has 0 saturated carbocycles. The van der Waals surface area contributed by atoms with Crippen molar-refractivity contribution >= 4 is 5.91 Å². The van der Waals surface area contributed by atoms with E-state index in [1.165, 1.54) is 14.2 Å². The first-order valence-electron chi connectivity index (χ1n) is 8.71. The molecule has 1 aliphatic heterocycles. The fourth-order valence-corrected chi connectivity index (χ4v) is 3.06. The maximum Gasteiger partial charge on any atom is 0.254 e. The van der Waals surface area contributed by atoms with Crippen molar-refractivity contribution in [3.63, 3.8) is 0 Å². The molecule has 1 N–H and O–H groups in total. The second kappa shape index (κ2) is 8.32. The number of aliphatic hydroxyl groups is 1. The van der Waals surface area contributed by atoms with Crippen molar-refractivity contribution < 1.29 is 24.1 Å². The number of aromatic nitrogens is 2. The van der Waals surface area contributed by atoms with Crippen LogP contribution in [0.5, 0.6) is 11.8 Å². The minimum Gasteiger partial charge on any atom is -0.481 e. The van der Waals surface area contributed by atoms with Crippen molar-refractivity contribution in [1.82, 2.24) is 14.9 Å². The smallest absolute Gasteiger partial charge is 0.254 e. The first-order chi connectivity index (χ1) is 13.1. The van der Waals surface area contributed by atoms with Crippen LogP contribution in [-0.2, 0) is 4.74 Å². The molecule has 0 spiro atoms. The number of likely N-dealkylation sites (N-methyl/N-ethyl adjacent to an activating group) is 1. The Morgan fingerprint density at radius 3 is 2.48 bits per heavy atom. The molecule has 3 rings (SSSR count). The minimum atomic E-state index is -0.678. The van der Waals surface area contributed by atoms with Gasteiger partial charge in [0.15, 0.2) is 5.82 Å². The number of hydrogen-bond acceptors (Lipinski definition) is 7. The van der Waals surface area contributed by atoms with Crippen LogP contribution < -0.4 is 9.47 Å². The van der Waals surface area contributed by atoms with E-state index < -0.39 is 6.10 Å². The molecule has 0 radical (unpaired) electrons. The highest BCUT2D eigenvalue weighted by molar-refractivity contribution is 5.95.